The van der Waals surface area contributed by atoms with E-state index in [1.807, 2.05) is 0 Å². The maximum absolute atomic E-state index is 11.9. The lowest BCUT2D eigenvalue weighted by atomic mass is 10.0. The summed E-state index contributed by atoms with van der Waals surface area (Å²) in [4.78, 5) is 22.7. The third-order valence-corrected chi connectivity index (χ3v) is 3.43. The third kappa shape index (κ3) is 5.00. The minimum atomic E-state index is -1.55. The maximum atomic E-state index is 11.9. The molecular formula is C14H19BrN2O4. The Kier molecular flexibility index (Phi) is 5.33. The van der Waals surface area contributed by atoms with Gasteiger partial charge in [-0.25, -0.2) is 4.79 Å². The molecule has 1 N–H and O–H groups in total. The Morgan fingerprint density at radius 2 is 1.81 bits per heavy atom. The fourth-order valence-corrected chi connectivity index (χ4v) is 2.07. The van der Waals surface area contributed by atoms with Crippen molar-refractivity contribution < 1.29 is 14.5 Å². The molecule has 0 saturated carbocycles. The van der Waals surface area contributed by atoms with E-state index in [-0.39, 0.29) is 0 Å². The summed E-state index contributed by atoms with van der Waals surface area (Å²) >= 11 is 3.09. The van der Waals surface area contributed by atoms with Crippen molar-refractivity contribution in [1.82, 2.24) is 5.32 Å². The molecule has 0 aliphatic rings. The zero-order valence-electron chi connectivity index (χ0n) is 12.4. The minimum absolute atomic E-state index is 0.484. The third-order valence-electron chi connectivity index (χ3n) is 2.68. The molecule has 21 heavy (non-hydrogen) atoms. The molecule has 1 rings (SSSR count). The zero-order chi connectivity index (χ0) is 16.3. The van der Waals surface area contributed by atoms with E-state index < -0.39 is 27.1 Å². The summed E-state index contributed by atoms with van der Waals surface area (Å²) in [6, 6.07) is 7.86. The number of rotatable bonds is 4. The predicted molar refractivity (Wildman–Crippen MR) is 82.9 cm³/mol. The second-order valence-corrected chi connectivity index (χ2v) is 7.38. The van der Waals surface area contributed by atoms with E-state index in [1.54, 1.807) is 51.1 Å². The maximum Gasteiger partial charge on any atom is 0.408 e. The number of amides is 1. The van der Waals surface area contributed by atoms with Crippen molar-refractivity contribution in [2.45, 2.75) is 43.8 Å². The van der Waals surface area contributed by atoms with Crippen molar-refractivity contribution in [2.75, 3.05) is 0 Å². The molecule has 0 aliphatic carbocycles. The molecule has 116 valence electrons. The van der Waals surface area contributed by atoms with Crippen molar-refractivity contribution in [2.24, 2.45) is 0 Å². The van der Waals surface area contributed by atoms with Crippen LogP contribution in [0.5, 0.6) is 0 Å². The van der Waals surface area contributed by atoms with Gasteiger partial charge in [-0.15, -0.1) is 0 Å². The van der Waals surface area contributed by atoms with Gasteiger partial charge in [0.2, 0.25) is 0 Å². The van der Waals surface area contributed by atoms with Gasteiger partial charge in [0.25, 0.3) is 4.45 Å². The molecule has 0 spiro atoms. The number of alkyl carbamates (subject to hydrolysis) is 1. The first-order chi connectivity index (χ1) is 9.54. The van der Waals surface area contributed by atoms with Crippen LogP contribution in [-0.4, -0.2) is 21.1 Å². The molecule has 0 aromatic heterocycles. The van der Waals surface area contributed by atoms with E-state index in [0.717, 1.165) is 0 Å². The fraction of sp³-hybridized carbons (Fsp3) is 0.500. The quantitative estimate of drug-likeness (QED) is 0.385. The highest BCUT2D eigenvalue weighted by molar-refractivity contribution is 9.10. The number of nitrogens with one attached hydrogen (secondary N) is 1. The van der Waals surface area contributed by atoms with Crippen molar-refractivity contribution in [3.05, 3.63) is 46.0 Å². The van der Waals surface area contributed by atoms with Gasteiger partial charge < -0.3 is 10.1 Å². The first kappa shape index (κ1) is 17.4. The number of hydrogen-bond acceptors (Lipinski definition) is 4. The Morgan fingerprint density at radius 1 is 1.29 bits per heavy atom. The Hall–Kier alpha value is -1.63. The Labute approximate surface area is 132 Å². The summed E-state index contributed by atoms with van der Waals surface area (Å²) in [5, 5.41) is 13.8. The van der Waals surface area contributed by atoms with Crippen LogP contribution in [-0.2, 0) is 4.74 Å². The summed E-state index contributed by atoms with van der Waals surface area (Å²) in [5.41, 5.74) is -0.0673. The van der Waals surface area contributed by atoms with Gasteiger partial charge in [-0.1, -0.05) is 30.3 Å². The highest BCUT2D eigenvalue weighted by Gasteiger charge is 2.45. The number of nitro groups is 1. The van der Waals surface area contributed by atoms with E-state index in [9.17, 15) is 14.9 Å². The lowest BCUT2D eigenvalue weighted by Gasteiger charge is -2.28. The van der Waals surface area contributed by atoms with Crippen molar-refractivity contribution in [3.63, 3.8) is 0 Å². The highest BCUT2D eigenvalue weighted by atomic mass is 79.9. The zero-order valence-corrected chi connectivity index (χ0v) is 14.0. The molecule has 1 aromatic carbocycles. The monoisotopic (exact) mass is 358 g/mol. The number of carbonyl (C=O) groups is 1. The number of ether oxygens (including phenoxy) is 1. The van der Waals surface area contributed by atoms with E-state index in [2.05, 4.69) is 21.2 Å². The molecular weight excluding hydrogens is 340 g/mol. The summed E-state index contributed by atoms with van der Waals surface area (Å²) in [6.45, 7) is 6.57. The molecule has 2 atom stereocenters. The van der Waals surface area contributed by atoms with Gasteiger partial charge in [-0.3, -0.25) is 10.1 Å². The molecule has 0 radical (unpaired) electrons. The molecule has 7 heteroatoms. The largest absolute Gasteiger partial charge is 0.444 e. The predicted octanol–water partition coefficient (Wildman–Crippen LogP) is 3.64. The molecule has 0 bridgehead atoms. The second-order valence-electron chi connectivity index (χ2n) is 5.77. The molecule has 0 heterocycles. The number of benzene rings is 1. The van der Waals surface area contributed by atoms with Crippen molar-refractivity contribution in [1.29, 1.82) is 0 Å². The summed E-state index contributed by atoms with van der Waals surface area (Å²) in [5.74, 6) is 0. The van der Waals surface area contributed by atoms with Crippen LogP contribution in [0.3, 0.4) is 0 Å². The van der Waals surface area contributed by atoms with Gasteiger partial charge in [0.1, 0.15) is 11.6 Å². The van der Waals surface area contributed by atoms with Crippen LogP contribution in [0.2, 0.25) is 0 Å². The molecule has 1 amide bonds. The first-order valence-corrected chi connectivity index (χ1v) is 7.21. The van der Waals surface area contributed by atoms with Gasteiger partial charge in [0, 0.05) is 27.8 Å². The van der Waals surface area contributed by atoms with Crippen molar-refractivity contribution in [3.8, 4) is 0 Å². The average molecular weight is 359 g/mol. The smallest absolute Gasteiger partial charge is 0.408 e. The molecule has 0 aliphatic heterocycles. The van der Waals surface area contributed by atoms with E-state index in [1.165, 1.54) is 6.92 Å². The first-order valence-electron chi connectivity index (χ1n) is 6.42. The van der Waals surface area contributed by atoms with Crippen LogP contribution in [0.25, 0.3) is 0 Å². The van der Waals surface area contributed by atoms with E-state index in [0.29, 0.717) is 5.56 Å². The van der Waals surface area contributed by atoms with Gasteiger partial charge in [-0.2, -0.15) is 0 Å². The fourth-order valence-electron chi connectivity index (χ4n) is 1.70. The van der Waals surface area contributed by atoms with Gasteiger partial charge in [-0.05, 0) is 26.3 Å². The number of hydrogen-bond donors (Lipinski definition) is 1. The summed E-state index contributed by atoms with van der Waals surface area (Å²) in [7, 11) is 0. The van der Waals surface area contributed by atoms with Crippen LogP contribution < -0.4 is 5.32 Å². The standard InChI is InChI=1S/C14H19BrN2O4/c1-13(2,3)21-12(18)16-11(14(4,15)17(19)20)10-8-6-5-7-9-10/h5-9,11H,1-4H3,(H,16,18)/t11-,14+/m1/s1. The lowest BCUT2D eigenvalue weighted by molar-refractivity contribution is -0.536. The van der Waals surface area contributed by atoms with Gasteiger partial charge in [0.05, 0.1) is 0 Å². The molecule has 0 saturated heterocycles. The Morgan fingerprint density at radius 3 is 2.24 bits per heavy atom. The van der Waals surface area contributed by atoms with Crippen LogP contribution in [0.15, 0.2) is 30.3 Å². The highest BCUT2D eigenvalue weighted by Crippen LogP contribution is 2.34. The van der Waals surface area contributed by atoms with Gasteiger partial charge >= 0.3 is 6.09 Å². The average Bonchev–Trinajstić information content (AvgIpc) is 2.34. The molecule has 0 fully saturated rings. The summed E-state index contributed by atoms with van der Waals surface area (Å²) in [6.07, 6.45) is -0.705. The van der Waals surface area contributed by atoms with Gasteiger partial charge in [0.15, 0.2) is 0 Å². The Bertz CT molecular complexity index is 511. The van der Waals surface area contributed by atoms with Crippen LogP contribution in [0.1, 0.15) is 39.3 Å². The minimum Gasteiger partial charge on any atom is -0.444 e. The number of alkyl halides is 1. The SMILES string of the molecule is CC(C)(C)OC(=O)N[C@H](c1ccccc1)[C@@](C)(Br)[N+](=O)[O-]. The number of halogens is 1. The second kappa shape index (κ2) is 6.43. The topological polar surface area (TPSA) is 81.5 Å². The van der Waals surface area contributed by atoms with E-state index in [4.69, 9.17) is 4.74 Å². The normalized spacial score (nSPS) is 15.7. The molecule has 0 unspecified atom stereocenters. The number of nitrogens with zero attached hydrogens (tertiary/aromatic N) is 1. The van der Waals surface area contributed by atoms with E-state index >= 15 is 0 Å². The van der Waals surface area contributed by atoms with Crippen LogP contribution in [0, 0.1) is 10.1 Å². The van der Waals surface area contributed by atoms with Crippen LogP contribution in [0.4, 0.5) is 4.79 Å². The Balaban J connectivity index is 3.05. The number of carbonyl (C=O) groups excluding carboxylic acids is 1. The molecule has 1 aromatic rings. The van der Waals surface area contributed by atoms with Crippen LogP contribution >= 0.6 is 15.9 Å². The lowest BCUT2D eigenvalue weighted by Crippen LogP contribution is -2.46. The summed E-state index contributed by atoms with van der Waals surface area (Å²) < 4.78 is 3.62. The molecule has 6 nitrogen and oxygen atoms in total. The van der Waals surface area contributed by atoms with Crippen molar-refractivity contribution >= 4 is 22.0 Å².